The van der Waals surface area contributed by atoms with E-state index in [1.165, 1.54) is 32.1 Å². The van der Waals surface area contributed by atoms with E-state index < -0.39 is 34.7 Å². The van der Waals surface area contributed by atoms with Crippen molar-refractivity contribution >= 4 is 17.9 Å². The normalized spacial score (nSPS) is 16.4. The van der Waals surface area contributed by atoms with Gasteiger partial charge < -0.3 is 14.2 Å². The summed E-state index contributed by atoms with van der Waals surface area (Å²) < 4.78 is 17.5. The maximum atomic E-state index is 14.3. The maximum absolute atomic E-state index is 14.3. The lowest BCUT2D eigenvalue weighted by Gasteiger charge is -2.44. The van der Waals surface area contributed by atoms with Gasteiger partial charge in [0.15, 0.2) is 5.41 Å². The van der Waals surface area contributed by atoms with Gasteiger partial charge in [0.05, 0.1) is 5.92 Å². The third kappa shape index (κ3) is 9.54. The van der Waals surface area contributed by atoms with E-state index in [-0.39, 0.29) is 32.2 Å². The number of carbonyl (C=O) groups is 3. The molecule has 6 heteroatoms. The molecule has 1 fully saturated rings. The van der Waals surface area contributed by atoms with Gasteiger partial charge >= 0.3 is 17.9 Å². The smallest absolute Gasteiger partial charge is 0.325 e. The number of ether oxygens (including phenoxy) is 3. The Morgan fingerprint density at radius 3 is 1.84 bits per heavy atom. The lowest BCUT2D eigenvalue weighted by Crippen LogP contribution is -2.58. The minimum atomic E-state index is -1.93. The Kier molecular flexibility index (Phi) is 13.0. The van der Waals surface area contributed by atoms with Crippen molar-refractivity contribution in [2.24, 2.45) is 28.6 Å². The lowest BCUT2D eigenvalue weighted by molar-refractivity contribution is -0.196. The van der Waals surface area contributed by atoms with E-state index in [1.54, 1.807) is 20.8 Å². The van der Waals surface area contributed by atoms with Gasteiger partial charge in [0.1, 0.15) is 19.8 Å². The summed E-state index contributed by atoms with van der Waals surface area (Å²) in [6.45, 7) is 9.30. The zero-order valence-electron chi connectivity index (χ0n) is 26.7. The maximum Gasteiger partial charge on any atom is 0.325 e. The fourth-order valence-corrected chi connectivity index (χ4v) is 6.11. The minimum absolute atomic E-state index is 0.0129. The molecule has 0 amide bonds. The second-order valence-corrected chi connectivity index (χ2v) is 13.2. The van der Waals surface area contributed by atoms with Crippen LogP contribution in [-0.4, -0.2) is 24.5 Å². The molecule has 43 heavy (non-hydrogen) atoms. The Morgan fingerprint density at radius 2 is 1.30 bits per heavy atom. The summed E-state index contributed by atoms with van der Waals surface area (Å²) in [5.41, 5.74) is -1.37. The van der Waals surface area contributed by atoms with Crippen molar-refractivity contribution in [3.8, 4) is 0 Å². The number of benzene rings is 2. The first-order chi connectivity index (χ1) is 20.6. The van der Waals surface area contributed by atoms with E-state index in [9.17, 15) is 14.4 Å². The third-order valence-electron chi connectivity index (χ3n) is 8.45. The van der Waals surface area contributed by atoms with Crippen LogP contribution in [0.1, 0.15) is 90.7 Å². The fourth-order valence-electron chi connectivity index (χ4n) is 6.11. The summed E-state index contributed by atoms with van der Waals surface area (Å²) in [6.07, 6.45) is 11.4. The van der Waals surface area contributed by atoms with Crippen molar-refractivity contribution in [1.82, 2.24) is 0 Å². The fraction of sp³-hybridized carbons (Fsp3) is 0.541. The van der Waals surface area contributed by atoms with Crippen molar-refractivity contribution in [2.45, 2.75) is 92.8 Å². The molecule has 0 spiro atoms. The van der Waals surface area contributed by atoms with Crippen LogP contribution in [0.25, 0.3) is 0 Å². The van der Waals surface area contributed by atoms with Crippen LogP contribution in [0, 0.1) is 28.6 Å². The van der Waals surface area contributed by atoms with Crippen LogP contribution in [0.5, 0.6) is 0 Å². The molecular weight excluding hydrogens is 540 g/mol. The molecule has 0 heterocycles. The molecule has 1 aliphatic carbocycles. The summed E-state index contributed by atoms with van der Waals surface area (Å²) in [4.78, 5) is 42.5. The molecule has 0 aliphatic heterocycles. The Bertz CT molecular complexity index is 1170. The van der Waals surface area contributed by atoms with E-state index in [2.05, 4.69) is 6.08 Å². The molecule has 1 unspecified atom stereocenters. The number of carbonyl (C=O) groups excluding carboxylic acids is 3. The first kappa shape index (κ1) is 34.1. The predicted octanol–water partition coefficient (Wildman–Crippen LogP) is 8.24. The number of allylic oxidation sites excluding steroid dienone is 1. The average Bonchev–Trinajstić information content (AvgIpc) is 2.99. The van der Waals surface area contributed by atoms with Crippen LogP contribution < -0.4 is 0 Å². The zero-order valence-corrected chi connectivity index (χ0v) is 26.7. The van der Waals surface area contributed by atoms with Gasteiger partial charge in [-0.2, -0.15) is 0 Å². The molecule has 234 valence electrons. The highest BCUT2D eigenvalue weighted by atomic mass is 16.6. The van der Waals surface area contributed by atoms with Crippen molar-refractivity contribution in [3.05, 3.63) is 83.9 Å². The van der Waals surface area contributed by atoms with Gasteiger partial charge in [0.25, 0.3) is 0 Å². The summed E-state index contributed by atoms with van der Waals surface area (Å²) >= 11 is 0. The van der Waals surface area contributed by atoms with Crippen LogP contribution >= 0.6 is 0 Å². The monoisotopic (exact) mass is 590 g/mol. The molecule has 2 aromatic carbocycles. The van der Waals surface area contributed by atoms with Gasteiger partial charge in [-0.05, 0) is 41.2 Å². The standard InChI is InChI=1S/C37H50O6/c1-28(2)25-32(33(38)42-26-30-20-11-7-12-21-30)37(36(3,4)5,35(40)43-27-31-22-13-8-14-23-31)34(39)41-24-16-15-19-29-17-9-6-10-18-29/h7-8,11-16,20-23,28-29,32H,6,9-10,17-19,24-27H2,1-5H3/t32-,37?/m0/s1. The van der Waals surface area contributed by atoms with Crippen LogP contribution in [0.3, 0.4) is 0 Å². The Labute approximate surface area is 258 Å². The lowest BCUT2D eigenvalue weighted by atomic mass is 9.57. The quantitative estimate of drug-likeness (QED) is 0.0954. The molecule has 0 bridgehead atoms. The summed E-state index contributed by atoms with van der Waals surface area (Å²) in [5.74, 6) is -2.62. The summed E-state index contributed by atoms with van der Waals surface area (Å²) in [5, 5.41) is 0. The second-order valence-electron chi connectivity index (χ2n) is 13.2. The largest absolute Gasteiger partial charge is 0.461 e. The first-order valence-electron chi connectivity index (χ1n) is 15.8. The Hall–Kier alpha value is -3.41. The predicted molar refractivity (Wildman–Crippen MR) is 169 cm³/mol. The summed E-state index contributed by atoms with van der Waals surface area (Å²) in [7, 11) is 0. The zero-order chi connectivity index (χ0) is 31.3. The molecule has 1 aliphatic rings. The average molecular weight is 591 g/mol. The van der Waals surface area contributed by atoms with Crippen LogP contribution in [-0.2, 0) is 41.8 Å². The first-order valence-corrected chi connectivity index (χ1v) is 15.8. The molecule has 0 saturated heterocycles. The minimum Gasteiger partial charge on any atom is -0.461 e. The number of hydrogen-bond donors (Lipinski definition) is 0. The highest BCUT2D eigenvalue weighted by Crippen LogP contribution is 2.50. The SMILES string of the molecule is CC(C)C[C@@H](C(=O)OCc1ccccc1)C(C(=O)OCC=CCC1CCCCC1)(C(=O)OCc1ccccc1)C(C)(C)C. The van der Waals surface area contributed by atoms with Crippen LogP contribution in [0.4, 0.5) is 0 Å². The van der Waals surface area contributed by atoms with Gasteiger partial charge in [-0.25, -0.2) is 0 Å². The van der Waals surface area contributed by atoms with E-state index >= 15 is 0 Å². The Balaban J connectivity index is 1.92. The topological polar surface area (TPSA) is 78.9 Å². The van der Waals surface area contributed by atoms with Crippen molar-refractivity contribution in [2.75, 3.05) is 6.61 Å². The van der Waals surface area contributed by atoms with Gasteiger partial charge in [0.2, 0.25) is 0 Å². The van der Waals surface area contributed by atoms with Crippen molar-refractivity contribution in [1.29, 1.82) is 0 Å². The highest BCUT2D eigenvalue weighted by molar-refractivity contribution is 6.05. The van der Waals surface area contributed by atoms with E-state index in [0.717, 1.165) is 17.5 Å². The van der Waals surface area contributed by atoms with Crippen molar-refractivity contribution in [3.63, 3.8) is 0 Å². The van der Waals surface area contributed by atoms with E-state index in [1.807, 2.05) is 80.6 Å². The van der Waals surface area contributed by atoms with Gasteiger partial charge in [-0.1, -0.05) is 140 Å². The molecule has 0 radical (unpaired) electrons. The number of hydrogen-bond acceptors (Lipinski definition) is 6. The molecule has 1 saturated carbocycles. The number of rotatable bonds is 14. The van der Waals surface area contributed by atoms with Gasteiger partial charge in [-0.3, -0.25) is 14.4 Å². The van der Waals surface area contributed by atoms with E-state index in [4.69, 9.17) is 14.2 Å². The van der Waals surface area contributed by atoms with Crippen LogP contribution in [0.15, 0.2) is 72.8 Å². The highest BCUT2D eigenvalue weighted by Gasteiger charge is 2.65. The third-order valence-corrected chi connectivity index (χ3v) is 8.45. The molecule has 2 aromatic rings. The Morgan fingerprint density at radius 1 is 0.767 bits per heavy atom. The molecule has 3 rings (SSSR count). The molecule has 0 N–H and O–H groups in total. The molecule has 0 aromatic heterocycles. The van der Waals surface area contributed by atoms with Gasteiger partial charge in [0, 0.05) is 0 Å². The summed E-state index contributed by atoms with van der Waals surface area (Å²) in [6, 6.07) is 18.6. The number of esters is 3. The molecule has 2 atom stereocenters. The molecule has 6 nitrogen and oxygen atoms in total. The van der Waals surface area contributed by atoms with E-state index in [0.29, 0.717) is 5.92 Å². The van der Waals surface area contributed by atoms with Crippen LogP contribution in [0.2, 0.25) is 0 Å². The van der Waals surface area contributed by atoms with Gasteiger partial charge in [-0.15, -0.1) is 0 Å². The van der Waals surface area contributed by atoms with Crippen molar-refractivity contribution < 1.29 is 28.6 Å². The second kappa shape index (κ2) is 16.4. The molecular formula is C37H50O6.